The van der Waals surface area contributed by atoms with Crippen molar-refractivity contribution in [3.05, 3.63) is 33.5 Å². The van der Waals surface area contributed by atoms with Crippen molar-refractivity contribution in [1.29, 1.82) is 0 Å². The molecular weight excluding hydrogens is 368 g/mol. The molecule has 0 aliphatic heterocycles. The second kappa shape index (κ2) is 7.59. The summed E-state index contributed by atoms with van der Waals surface area (Å²) in [6.45, 7) is 0. The zero-order valence-corrected chi connectivity index (χ0v) is 15.5. The van der Waals surface area contributed by atoms with Gasteiger partial charge in [-0.1, -0.05) is 0 Å². The summed E-state index contributed by atoms with van der Waals surface area (Å²) in [6, 6.07) is 2.91. The van der Waals surface area contributed by atoms with Crippen molar-refractivity contribution < 1.29 is 33.3 Å². The van der Waals surface area contributed by atoms with E-state index in [1.807, 2.05) is 0 Å². The smallest absolute Gasteiger partial charge is 0.204 e. The predicted octanol–water partition coefficient (Wildman–Crippen LogP) is 2.16. The molecule has 0 amide bonds. The number of ether oxygens (including phenoxy) is 3. The Hall–Kier alpha value is -3.55. The lowest BCUT2D eigenvalue weighted by atomic mass is 10.00. The quantitative estimate of drug-likeness (QED) is 0.486. The van der Waals surface area contributed by atoms with E-state index < -0.39 is 11.2 Å². The summed E-state index contributed by atoms with van der Waals surface area (Å²) in [5, 5.41) is 10.6. The molecule has 0 saturated heterocycles. The molecule has 0 spiro atoms. The first-order valence-electron chi connectivity index (χ1n) is 8.32. The lowest BCUT2D eigenvalue weighted by molar-refractivity contribution is -0.108. The average molecular weight is 386 g/mol. The van der Waals surface area contributed by atoms with E-state index in [-0.39, 0.29) is 57.4 Å². The van der Waals surface area contributed by atoms with Crippen LogP contribution in [0.25, 0.3) is 21.9 Å². The van der Waals surface area contributed by atoms with Gasteiger partial charge in [0.2, 0.25) is 5.43 Å². The highest BCUT2D eigenvalue weighted by Gasteiger charge is 2.24. The number of carbonyl (C=O) groups excluding carboxylic acids is 2. The van der Waals surface area contributed by atoms with Crippen LogP contribution in [0.15, 0.2) is 21.3 Å². The summed E-state index contributed by atoms with van der Waals surface area (Å²) in [5.74, 6) is 0.343. The van der Waals surface area contributed by atoms with Crippen molar-refractivity contribution >= 4 is 34.5 Å². The molecule has 0 atom stereocenters. The Balaban J connectivity index is 2.56. The van der Waals surface area contributed by atoms with Crippen molar-refractivity contribution in [1.82, 2.24) is 0 Å². The Labute approximate surface area is 159 Å². The number of aldehydes is 2. The fraction of sp³-hybridized carbons (Fsp3) is 0.250. The Morgan fingerprint density at radius 2 is 1.46 bits per heavy atom. The number of hydrogen-bond donors (Lipinski definition) is 1. The van der Waals surface area contributed by atoms with Crippen LogP contribution in [0.3, 0.4) is 0 Å². The van der Waals surface area contributed by atoms with Gasteiger partial charge in [-0.3, -0.25) is 4.79 Å². The third-order valence-electron chi connectivity index (χ3n) is 4.53. The highest BCUT2D eigenvalue weighted by Crippen LogP contribution is 2.40. The van der Waals surface area contributed by atoms with Crippen LogP contribution in [0.1, 0.15) is 11.1 Å². The molecule has 1 N–H and O–H groups in total. The predicted molar refractivity (Wildman–Crippen MR) is 101 cm³/mol. The molecule has 146 valence electrons. The van der Waals surface area contributed by atoms with Crippen LogP contribution in [0, 0.1) is 0 Å². The molecule has 28 heavy (non-hydrogen) atoms. The van der Waals surface area contributed by atoms with Gasteiger partial charge in [0.1, 0.15) is 40.6 Å². The van der Waals surface area contributed by atoms with Gasteiger partial charge < -0.3 is 33.3 Å². The molecule has 1 heterocycles. The first-order valence-corrected chi connectivity index (χ1v) is 8.32. The topological polar surface area (TPSA) is 112 Å². The normalized spacial score (nSPS) is 10.8. The summed E-state index contributed by atoms with van der Waals surface area (Å²) in [5.41, 5.74) is 0.146. The van der Waals surface area contributed by atoms with Gasteiger partial charge in [0.25, 0.3) is 0 Å². The molecule has 2 aromatic carbocycles. The fourth-order valence-electron chi connectivity index (χ4n) is 3.32. The van der Waals surface area contributed by atoms with Crippen molar-refractivity contribution in [2.24, 2.45) is 0 Å². The molecule has 8 nitrogen and oxygen atoms in total. The van der Waals surface area contributed by atoms with Crippen LogP contribution in [0.5, 0.6) is 23.0 Å². The number of phenols is 1. The summed E-state index contributed by atoms with van der Waals surface area (Å²) in [7, 11) is 4.20. The van der Waals surface area contributed by atoms with E-state index in [9.17, 15) is 19.5 Å². The second-order valence-electron chi connectivity index (χ2n) is 5.92. The maximum Gasteiger partial charge on any atom is 0.204 e. The Morgan fingerprint density at radius 3 is 2.04 bits per heavy atom. The van der Waals surface area contributed by atoms with E-state index in [1.165, 1.54) is 33.5 Å². The van der Waals surface area contributed by atoms with Crippen molar-refractivity contribution in [2.45, 2.75) is 12.8 Å². The van der Waals surface area contributed by atoms with Crippen molar-refractivity contribution in [2.75, 3.05) is 21.3 Å². The summed E-state index contributed by atoms with van der Waals surface area (Å²) in [4.78, 5) is 35.5. The summed E-state index contributed by atoms with van der Waals surface area (Å²) in [6.07, 6.45) is 0.963. The SMILES string of the molecule is COc1cc2oc3cc(OC)c(OC)c(CC=O)c3c(=O)c2c(O)c1CC=O. The number of methoxy groups -OCH3 is 3. The van der Waals surface area contributed by atoms with E-state index in [0.717, 1.165) is 0 Å². The van der Waals surface area contributed by atoms with E-state index in [2.05, 4.69) is 0 Å². The van der Waals surface area contributed by atoms with E-state index >= 15 is 0 Å². The maximum atomic E-state index is 13.3. The molecule has 0 fully saturated rings. The monoisotopic (exact) mass is 386 g/mol. The van der Waals surface area contributed by atoms with Crippen LogP contribution in [-0.4, -0.2) is 39.0 Å². The highest BCUT2D eigenvalue weighted by molar-refractivity contribution is 5.98. The van der Waals surface area contributed by atoms with Crippen LogP contribution in [0.2, 0.25) is 0 Å². The van der Waals surface area contributed by atoms with Gasteiger partial charge in [0.15, 0.2) is 11.5 Å². The first kappa shape index (κ1) is 19.2. The van der Waals surface area contributed by atoms with Gasteiger partial charge in [-0.25, -0.2) is 0 Å². The standard InChI is InChI=1S/C20H18O8/c1-25-12-8-14-17(18(23)10(12)4-6-21)19(24)16-11(5-7-22)20(27-3)15(26-2)9-13(16)28-14/h6-9,23H,4-5H2,1-3H3. The molecule has 0 radical (unpaired) electrons. The zero-order chi connectivity index (χ0) is 20.4. The molecule has 0 unspecified atom stereocenters. The molecule has 1 aromatic heterocycles. The van der Waals surface area contributed by atoms with Crippen molar-refractivity contribution in [3.63, 3.8) is 0 Å². The van der Waals surface area contributed by atoms with Crippen LogP contribution < -0.4 is 19.6 Å². The molecule has 0 aliphatic rings. The maximum absolute atomic E-state index is 13.3. The number of hydrogen-bond acceptors (Lipinski definition) is 8. The van der Waals surface area contributed by atoms with Gasteiger partial charge in [-0.05, 0) is 0 Å². The molecular formula is C20H18O8. The van der Waals surface area contributed by atoms with Gasteiger partial charge >= 0.3 is 0 Å². The fourth-order valence-corrected chi connectivity index (χ4v) is 3.32. The van der Waals surface area contributed by atoms with Gasteiger partial charge in [0, 0.05) is 36.1 Å². The lowest BCUT2D eigenvalue weighted by Gasteiger charge is -2.15. The van der Waals surface area contributed by atoms with E-state index in [4.69, 9.17) is 18.6 Å². The first-order chi connectivity index (χ1) is 13.5. The highest BCUT2D eigenvalue weighted by atomic mass is 16.5. The van der Waals surface area contributed by atoms with Crippen molar-refractivity contribution in [3.8, 4) is 23.0 Å². The molecule has 0 aliphatic carbocycles. The number of fused-ring (bicyclic) bond motifs is 2. The molecule has 0 bridgehead atoms. The molecule has 3 rings (SSSR count). The largest absolute Gasteiger partial charge is 0.507 e. The molecule has 0 saturated carbocycles. The van der Waals surface area contributed by atoms with Gasteiger partial charge in [-0.2, -0.15) is 0 Å². The van der Waals surface area contributed by atoms with Crippen LogP contribution >= 0.6 is 0 Å². The van der Waals surface area contributed by atoms with Gasteiger partial charge in [-0.15, -0.1) is 0 Å². The van der Waals surface area contributed by atoms with Crippen LogP contribution in [-0.2, 0) is 22.4 Å². The number of phenolic OH excluding ortho intramolecular Hbond substituents is 1. The van der Waals surface area contributed by atoms with Gasteiger partial charge in [0.05, 0.1) is 26.7 Å². The minimum Gasteiger partial charge on any atom is -0.507 e. The second-order valence-corrected chi connectivity index (χ2v) is 5.92. The lowest BCUT2D eigenvalue weighted by Crippen LogP contribution is -2.09. The molecule has 8 heteroatoms. The number of aromatic hydroxyl groups is 1. The third kappa shape index (κ3) is 2.83. The molecule has 3 aromatic rings. The number of carbonyl (C=O) groups is 2. The minimum atomic E-state index is -0.554. The zero-order valence-electron chi connectivity index (χ0n) is 15.5. The average Bonchev–Trinajstić information content (AvgIpc) is 2.69. The number of rotatable bonds is 7. The summed E-state index contributed by atoms with van der Waals surface area (Å²) < 4.78 is 21.7. The minimum absolute atomic E-state index is 0.0748. The Bertz CT molecular complexity index is 1140. The Kier molecular flexibility index (Phi) is 5.21. The Morgan fingerprint density at radius 1 is 0.893 bits per heavy atom. The van der Waals surface area contributed by atoms with E-state index in [1.54, 1.807) is 0 Å². The third-order valence-corrected chi connectivity index (χ3v) is 4.53. The van der Waals surface area contributed by atoms with Crippen LogP contribution in [0.4, 0.5) is 0 Å². The summed E-state index contributed by atoms with van der Waals surface area (Å²) >= 11 is 0. The van der Waals surface area contributed by atoms with E-state index in [0.29, 0.717) is 18.3 Å². The number of benzene rings is 2.